The number of nitriles is 1. The van der Waals surface area contributed by atoms with Crippen LogP contribution in [0.1, 0.15) is 35.2 Å². The Balaban J connectivity index is 1.80. The maximum Gasteiger partial charge on any atom is 0.164 e. The van der Waals surface area contributed by atoms with Crippen LogP contribution in [0.15, 0.2) is 84.0 Å². The maximum absolute atomic E-state index is 10.6. The molecule has 0 fully saturated rings. The summed E-state index contributed by atoms with van der Waals surface area (Å²) in [4.78, 5) is 0. The number of hydrazone groups is 1. The van der Waals surface area contributed by atoms with Crippen molar-refractivity contribution in [3.63, 3.8) is 0 Å². The van der Waals surface area contributed by atoms with Gasteiger partial charge >= 0.3 is 0 Å². The van der Waals surface area contributed by atoms with Gasteiger partial charge in [-0.25, -0.2) is 0 Å². The zero-order valence-electron chi connectivity index (χ0n) is 16.1. The molecule has 0 saturated carbocycles. The first kappa shape index (κ1) is 18.6. The number of rotatable bonds is 5. The molecule has 0 radical (unpaired) electrons. The van der Waals surface area contributed by atoms with E-state index in [1.807, 2.05) is 60.7 Å². The Bertz CT molecular complexity index is 1060. The number of hydrogen-bond donors (Lipinski definition) is 1. The lowest BCUT2D eigenvalue weighted by atomic mass is 9.96. The molecule has 0 saturated heterocycles. The lowest BCUT2D eigenvalue weighted by molar-refractivity contribution is 0.193. The molecular weight excluding hydrogens is 362 g/mol. The van der Waals surface area contributed by atoms with Crippen molar-refractivity contribution in [2.24, 2.45) is 5.10 Å². The number of nitrogens with zero attached hydrogens (tertiary/aromatic N) is 3. The van der Waals surface area contributed by atoms with Crippen molar-refractivity contribution < 1.29 is 9.84 Å². The van der Waals surface area contributed by atoms with Gasteiger partial charge < -0.3 is 9.84 Å². The Hall–Kier alpha value is -3.78. The van der Waals surface area contributed by atoms with Crippen LogP contribution in [0, 0.1) is 11.3 Å². The van der Waals surface area contributed by atoms with Gasteiger partial charge in [0, 0.05) is 12.0 Å². The van der Waals surface area contributed by atoms with Gasteiger partial charge in [0.2, 0.25) is 0 Å². The second-order valence-electron chi connectivity index (χ2n) is 6.85. The minimum Gasteiger partial charge on any atom is -0.504 e. The number of phenolic OH excluding ortho intramolecular Hbond substituents is 1. The third kappa shape index (κ3) is 3.53. The van der Waals surface area contributed by atoms with Gasteiger partial charge in [0.25, 0.3) is 0 Å². The summed E-state index contributed by atoms with van der Waals surface area (Å²) in [5.41, 5.74) is 3.50. The third-order valence-corrected chi connectivity index (χ3v) is 5.17. The van der Waals surface area contributed by atoms with Crippen LogP contribution in [-0.4, -0.2) is 22.9 Å². The zero-order chi connectivity index (χ0) is 20.2. The number of benzene rings is 3. The molecule has 144 valence electrons. The van der Waals surface area contributed by atoms with Crippen LogP contribution >= 0.6 is 0 Å². The van der Waals surface area contributed by atoms with Crippen LogP contribution in [0.5, 0.6) is 11.5 Å². The average Bonchev–Trinajstić information content (AvgIpc) is 3.22. The first-order valence-electron chi connectivity index (χ1n) is 9.44. The highest BCUT2D eigenvalue weighted by molar-refractivity contribution is 6.01. The van der Waals surface area contributed by atoms with Crippen molar-refractivity contribution in [1.29, 1.82) is 5.26 Å². The zero-order valence-corrected chi connectivity index (χ0v) is 16.1. The van der Waals surface area contributed by atoms with Crippen LogP contribution in [0.4, 0.5) is 0 Å². The van der Waals surface area contributed by atoms with Gasteiger partial charge in [-0.1, -0.05) is 72.8 Å². The molecule has 0 aromatic heterocycles. The highest BCUT2D eigenvalue weighted by Gasteiger charge is 2.35. The molecule has 2 atom stereocenters. The Kier molecular flexibility index (Phi) is 5.17. The summed E-state index contributed by atoms with van der Waals surface area (Å²) in [5.74, 6) is 0.308. The molecule has 0 unspecified atom stereocenters. The molecule has 29 heavy (non-hydrogen) atoms. The molecule has 1 aliphatic heterocycles. The molecule has 5 heteroatoms. The summed E-state index contributed by atoms with van der Waals surface area (Å²) >= 11 is 0. The van der Waals surface area contributed by atoms with Gasteiger partial charge in [-0.2, -0.15) is 10.4 Å². The summed E-state index contributed by atoms with van der Waals surface area (Å²) in [6.07, 6.45) is 0.678. The summed E-state index contributed by atoms with van der Waals surface area (Å²) in [6.45, 7) is 0. The molecular formula is C24H21N3O2. The van der Waals surface area contributed by atoms with Crippen molar-refractivity contribution in [2.75, 3.05) is 7.11 Å². The van der Waals surface area contributed by atoms with Gasteiger partial charge in [0.05, 0.1) is 24.9 Å². The fourth-order valence-electron chi connectivity index (χ4n) is 3.71. The highest BCUT2D eigenvalue weighted by Crippen LogP contribution is 2.42. The van der Waals surface area contributed by atoms with Crippen molar-refractivity contribution >= 4 is 5.71 Å². The normalized spacial score (nSPS) is 16.8. The number of para-hydroxylation sites is 1. The minimum absolute atomic E-state index is 0.0308. The molecule has 1 aliphatic rings. The van der Waals surface area contributed by atoms with E-state index in [0.29, 0.717) is 17.7 Å². The van der Waals surface area contributed by atoms with E-state index in [2.05, 4.69) is 6.07 Å². The van der Waals surface area contributed by atoms with E-state index in [1.165, 1.54) is 7.11 Å². The maximum atomic E-state index is 10.6. The summed E-state index contributed by atoms with van der Waals surface area (Å²) < 4.78 is 5.23. The molecule has 0 amide bonds. The van der Waals surface area contributed by atoms with E-state index >= 15 is 0 Å². The number of hydrogen-bond acceptors (Lipinski definition) is 5. The van der Waals surface area contributed by atoms with E-state index in [1.54, 1.807) is 23.2 Å². The predicted molar refractivity (Wildman–Crippen MR) is 112 cm³/mol. The Morgan fingerprint density at radius 2 is 1.72 bits per heavy atom. The van der Waals surface area contributed by atoms with Crippen LogP contribution < -0.4 is 4.74 Å². The van der Waals surface area contributed by atoms with E-state index in [4.69, 9.17) is 9.84 Å². The average molecular weight is 383 g/mol. The highest BCUT2D eigenvalue weighted by atomic mass is 16.5. The fourth-order valence-corrected chi connectivity index (χ4v) is 3.71. The SMILES string of the molecule is COc1cccc([C@H](C#N)N2N=C(c3ccccc3)C[C@H]2c2ccccc2)c1O. The Morgan fingerprint density at radius 1 is 1.03 bits per heavy atom. The van der Waals surface area contributed by atoms with Crippen LogP contribution in [0.3, 0.4) is 0 Å². The molecule has 1 heterocycles. The van der Waals surface area contributed by atoms with Crippen LogP contribution in [-0.2, 0) is 0 Å². The third-order valence-electron chi connectivity index (χ3n) is 5.17. The lowest BCUT2D eigenvalue weighted by Crippen LogP contribution is -2.24. The quantitative estimate of drug-likeness (QED) is 0.686. The van der Waals surface area contributed by atoms with Crippen LogP contribution in [0.25, 0.3) is 0 Å². The second kappa shape index (κ2) is 8.07. The van der Waals surface area contributed by atoms with Crippen molar-refractivity contribution in [3.05, 3.63) is 95.6 Å². The summed E-state index contributed by atoms with van der Waals surface area (Å²) in [6, 6.07) is 26.6. The molecule has 0 bridgehead atoms. The molecule has 1 N–H and O–H groups in total. The molecule has 0 spiro atoms. The summed E-state index contributed by atoms with van der Waals surface area (Å²) in [5, 5.41) is 27.3. The van der Waals surface area contributed by atoms with E-state index in [-0.39, 0.29) is 11.8 Å². The number of ether oxygens (including phenoxy) is 1. The van der Waals surface area contributed by atoms with Gasteiger partial charge in [-0.3, -0.25) is 5.01 Å². The molecule has 0 aliphatic carbocycles. The second-order valence-corrected chi connectivity index (χ2v) is 6.85. The van der Waals surface area contributed by atoms with E-state index in [0.717, 1.165) is 16.8 Å². The smallest absolute Gasteiger partial charge is 0.164 e. The number of phenols is 1. The first-order chi connectivity index (χ1) is 14.2. The molecule has 3 aromatic carbocycles. The largest absolute Gasteiger partial charge is 0.504 e. The van der Waals surface area contributed by atoms with Crippen LogP contribution in [0.2, 0.25) is 0 Å². The van der Waals surface area contributed by atoms with Gasteiger partial charge in [0.1, 0.15) is 0 Å². The van der Waals surface area contributed by atoms with Crippen molar-refractivity contribution in [3.8, 4) is 17.6 Å². The number of methoxy groups -OCH3 is 1. The topological polar surface area (TPSA) is 68.8 Å². The molecule has 4 rings (SSSR count). The first-order valence-corrected chi connectivity index (χ1v) is 9.44. The predicted octanol–water partition coefficient (Wildman–Crippen LogP) is 4.82. The Labute approximate surface area is 170 Å². The molecule has 3 aromatic rings. The van der Waals surface area contributed by atoms with E-state index < -0.39 is 6.04 Å². The van der Waals surface area contributed by atoms with Gasteiger partial charge in [-0.05, 0) is 17.2 Å². The summed E-state index contributed by atoms with van der Waals surface area (Å²) in [7, 11) is 1.49. The van der Waals surface area contributed by atoms with Gasteiger partial charge in [-0.15, -0.1) is 0 Å². The number of aromatic hydroxyl groups is 1. The van der Waals surface area contributed by atoms with Gasteiger partial charge in [0.15, 0.2) is 17.5 Å². The lowest BCUT2D eigenvalue weighted by Gasteiger charge is -2.29. The van der Waals surface area contributed by atoms with Crippen molar-refractivity contribution in [1.82, 2.24) is 5.01 Å². The monoisotopic (exact) mass is 383 g/mol. The molecule has 5 nitrogen and oxygen atoms in total. The Morgan fingerprint density at radius 3 is 2.38 bits per heavy atom. The fraction of sp³-hybridized carbons (Fsp3) is 0.167. The van der Waals surface area contributed by atoms with E-state index in [9.17, 15) is 10.4 Å². The van der Waals surface area contributed by atoms with Crippen molar-refractivity contribution in [2.45, 2.75) is 18.5 Å². The standard InChI is InChI=1S/C24H21N3O2/c1-29-23-14-8-13-19(24(23)28)22(16-25)27-21(18-11-6-3-7-12-18)15-20(26-27)17-9-4-2-5-10-17/h2-14,21-22,28H,15H2,1H3/t21-,22-/m0/s1. The minimum atomic E-state index is -0.753.